The van der Waals surface area contributed by atoms with Crippen molar-refractivity contribution in [2.75, 3.05) is 0 Å². The Balaban J connectivity index is 2.07. The third-order valence-electron chi connectivity index (χ3n) is 2.42. The third kappa shape index (κ3) is 2.97. The molecule has 1 amide bonds. The zero-order valence-corrected chi connectivity index (χ0v) is 11.7. The molecule has 1 aliphatic heterocycles. The van der Waals surface area contributed by atoms with Crippen LogP contribution in [0.25, 0.3) is 0 Å². The molecule has 2 heterocycles. The van der Waals surface area contributed by atoms with Crippen LogP contribution in [0.15, 0.2) is 16.9 Å². The summed E-state index contributed by atoms with van der Waals surface area (Å²) in [5, 5.41) is 0. The molecule has 0 N–H and O–H groups in total. The second-order valence-corrected chi connectivity index (χ2v) is 5.92. The van der Waals surface area contributed by atoms with Crippen molar-refractivity contribution in [3.8, 4) is 0 Å². The van der Waals surface area contributed by atoms with Gasteiger partial charge >= 0.3 is 6.09 Å². The maximum atomic E-state index is 11.9. The Hall–Kier alpha value is -1.10. The first-order valence-corrected chi connectivity index (χ1v) is 6.26. The van der Waals surface area contributed by atoms with Crippen molar-refractivity contribution in [1.29, 1.82) is 0 Å². The third-order valence-corrected chi connectivity index (χ3v) is 2.86. The summed E-state index contributed by atoms with van der Waals surface area (Å²) in [7, 11) is 0. The highest BCUT2D eigenvalue weighted by atomic mass is 79.9. The van der Waals surface area contributed by atoms with Gasteiger partial charge in [0.1, 0.15) is 10.2 Å². The smallest absolute Gasteiger partial charge is 0.410 e. The summed E-state index contributed by atoms with van der Waals surface area (Å²) in [5.74, 6) is 0. The van der Waals surface area contributed by atoms with Gasteiger partial charge in [-0.25, -0.2) is 9.78 Å². The van der Waals surface area contributed by atoms with Crippen molar-refractivity contribution >= 4 is 22.0 Å². The molecule has 4 nitrogen and oxygen atoms in total. The van der Waals surface area contributed by atoms with Crippen LogP contribution in [-0.4, -0.2) is 21.6 Å². The van der Waals surface area contributed by atoms with E-state index >= 15 is 0 Å². The number of nitrogens with zero attached hydrogens (tertiary/aromatic N) is 2. The minimum Gasteiger partial charge on any atom is -0.444 e. The van der Waals surface area contributed by atoms with Crippen LogP contribution < -0.4 is 0 Å². The lowest BCUT2D eigenvalue weighted by atomic mass is 10.2. The number of rotatable bonds is 0. The molecular weight excluding hydrogens is 284 g/mol. The Kier molecular flexibility index (Phi) is 3.12. The summed E-state index contributed by atoms with van der Waals surface area (Å²) in [6, 6.07) is 1.94. The van der Waals surface area contributed by atoms with E-state index in [0.717, 1.165) is 15.7 Å². The van der Waals surface area contributed by atoms with Gasteiger partial charge in [-0.2, -0.15) is 0 Å². The molecule has 0 saturated heterocycles. The van der Waals surface area contributed by atoms with Gasteiger partial charge in [-0.1, -0.05) is 0 Å². The minimum absolute atomic E-state index is 0.273. The fraction of sp³-hybridized carbons (Fsp3) is 0.500. The number of hydrogen-bond acceptors (Lipinski definition) is 3. The highest BCUT2D eigenvalue weighted by molar-refractivity contribution is 9.10. The van der Waals surface area contributed by atoms with Gasteiger partial charge < -0.3 is 4.74 Å². The van der Waals surface area contributed by atoms with Crippen molar-refractivity contribution in [2.45, 2.75) is 39.5 Å². The van der Waals surface area contributed by atoms with Crippen LogP contribution >= 0.6 is 15.9 Å². The molecule has 0 aromatic carbocycles. The maximum Gasteiger partial charge on any atom is 0.410 e. The number of carbonyl (C=O) groups is 1. The Bertz CT molecular complexity index is 454. The Morgan fingerprint density at radius 3 is 2.71 bits per heavy atom. The van der Waals surface area contributed by atoms with Gasteiger partial charge in [0.05, 0.1) is 6.54 Å². The predicted molar refractivity (Wildman–Crippen MR) is 67.4 cm³/mol. The minimum atomic E-state index is -0.454. The van der Waals surface area contributed by atoms with E-state index in [1.54, 1.807) is 11.1 Å². The highest BCUT2D eigenvalue weighted by Crippen LogP contribution is 2.25. The molecule has 5 heteroatoms. The zero-order chi connectivity index (χ0) is 12.6. The standard InChI is InChI=1S/C12H15BrN2O2/c1-12(2,3)17-11(16)15-6-8-4-10(13)14-5-9(8)7-15/h4-5H,6-7H2,1-3H3. The molecule has 1 aliphatic rings. The SMILES string of the molecule is CC(C)(C)OC(=O)N1Cc2cnc(Br)cc2C1. The fourth-order valence-electron chi connectivity index (χ4n) is 1.71. The van der Waals surface area contributed by atoms with Crippen LogP contribution in [0, 0.1) is 0 Å². The Morgan fingerprint density at radius 1 is 1.41 bits per heavy atom. The number of pyridine rings is 1. The van der Waals surface area contributed by atoms with Gasteiger partial charge in [0.2, 0.25) is 0 Å². The van der Waals surface area contributed by atoms with E-state index in [-0.39, 0.29) is 6.09 Å². The maximum absolute atomic E-state index is 11.9. The monoisotopic (exact) mass is 298 g/mol. The molecule has 1 aromatic heterocycles. The first kappa shape index (κ1) is 12.4. The molecule has 0 atom stereocenters. The van der Waals surface area contributed by atoms with E-state index in [0.29, 0.717) is 13.1 Å². The number of carbonyl (C=O) groups excluding carboxylic acids is 1. The molecule has 0 bridgehead atoms. The number of amides is 1. The molecule has 0 radical (unpaired) electrons. The summed E-state index contributed by atoms with van der Waals surface area (Å²) < 4.78 is 6.13. The van der Waals surface area contributed by atoms with E-state index < -0.39 is 5.60 Å². The van der Waals surface area contributed by atoms with Crippen LogP contribution in [0.2, 0.25) is 0 Å². The van der Waals surface area contributed by atoms with Gasteiger partial charge in [-0.05, 0) is 53.9 Å². The lowest BCUT2D eigenvalue weighted by molar-refractivity contribution is 0.0242. The lowest BCUT2D eigenvalue weighted by Crippen LogP contribution is -2.33. The fourth-order valence-corrected chi connectivity index (χ4v) is 2.09. The lowest BCUT2D eigenvalue weighted by Gasteiger charge is -2.24. The van der Waals surface area contributed by atoms with Gasteiger partial charge in [-0.3, -0.25) is 4.90 Å². The van der Waals surface area contributed by atoms with Crippen molar-refractivity contribution in [2.24, 2.45) is 0 Å². The highest BCUT2D eigenvalue weighted by Gasteiger charge is 2.27. The molecule has 0 fully saturated rings. The van der Waals surface area contributed by atoms with Gasteiger partial charge in [-0.15, -0.1) is 0 Å². The Labute approximate surface area is 109 Å². The molecule has 2 rings (SSSR count). The van der Waals surface area contributed by atoms with Gasteiger partial charge in [0, 0.05) is 12.7 Å². The van der Waals surface area contributed by atoms with Crippen LogP contribution in [0.3, 0.4) is 0 Å². The average Bonchev–Trinajstić information content (AvgIpc) is 2.57. The number of halogens is 1. The van der Waals surface area contributed by atoms with E-state index in [1.807, 2.05) is 26.8 Å². The molecule has 0 aliphatic carbocycles. The summed E-state index contributed by atoms with van der Waals surface area (Å²) >= 11 is 3.32. The van der Waals surface area contributed by atoms with Gasteiger partial charge in [0.15, 0.2) is 0 Å². The average molecular weight is 299 g/mol. The zero-order valence-electron chi connectivity index (χ0n) is 10.2. The first-order chi connectivity index (χ1) is 7.85. The predicted octanol–water partition coefficient (Wildman–Crippen LogP) is 3.09. The van der Waals surface area contributed by atoms with Crippen molar-refractivity contribution in [1.82, 2.24) is 9.88 Å². The summed E-state index contributed by atoms with van der Waals surface area (Å²) in [5.41, 5.74) is 1.75. The Morgan fingerprint density at radius 2 is 2.06 bits per heavy atom. The van der Waals surface area contributed by atoms with Gasteiger partial charge in [0.25, 0.3) is 0 Å². The summed E-state index contributed by atoms with van der Waals surface area (Å²) in [4.78, 5) is 17.7. The summed E-state index contributed by atoms with van der Waals surface area (Å²) in [6.45, 7) is 6.76. The van der Waals surface area contributed by atoms with Crippen molar-refractivity contribution in [3.05, 3.63) is 28.0 Å². The largest absolute Gasteiger partial charge is 0.444 e. The molecule has 0 unspecified atom stereocenters. The van der Waals surface area contributed by atoms with Crippen LogP contribution in [-0.2, 0) is 17.8 Å². The number of aromatic nitrogens is 1. The van der Waals surface area contributed by atoms with Crippen LogP contribution in [0.1, 0.15) is 31.9 Å². The van der Waals surface area contributed by atoms with E-state index in [4.69, 9.17) is 4.74 Å². The van der Waals surface area contributed by atoms with Crippen LogP contribution in [0.4, 0.5) is 4.79 Å². The quantitative estimate of drug-likeness (QED) is 0.691. The second-order valence-electron chi connectivity index (χ2n) is 5.11. The topological polar surface area (TPSA) is 42.4 Å². The molecule has 17 heavy (non-hydrogen) atoms. The van der Waals surface area contributed by atoms with E-state index in [9.17, 15) is 4.79 Å². The molecule has 92 valence electrons. The van der Waals surface area contributed by atoms with E-state index in [2.05, 4.69) is 20.9 Å². The van der Waals surface area contributed by atoms with E-state index in [1.165, 1.54) is 0 Å². The number of ether oxygens (including phenoxy) is 1. The molecular formula is C12H15BrN2O2. The van der Waals surface area contributed by atoms with Crippen LogP contribution in [0.5, 0.6) is 0 Å². The molecule has 0 saturated carbocycles. The van der Waals surface area contributed by atoms with Crippen molar-refractivity contribution in [3.63, 3.8) is 0 Å². The normalized spacial score (nSPS) is 14.7. The second kappa shape index (κ2) is 4.29. The molecule has 0 spiro atoms. The number of fused-ring (bicyclic) bond motifs is 1. The molecule has 1 aromatic rings. The summed E-state index contributed by atoms with van der Waals surface area (Å²) in [6.07, 6.45) is 1.52. The first-order valence-electron chi connectivity index (χ1n) is 5.46. The number of hydrogen-bond donors (Lipinski definition) is 0. The van der Waals surface area contributed by atoms with Crippen molar-refractivity contribution < 1.29 is 9.53 Å².